The molecule has 1 aromatic heterocycles. The van der Waals surface area contributed by atoms with Gasteiger partial charge in [0.05, 0.1) is 5.56 Å². The molecule has 144 valence electrons. The Kier molecular flexibility index (Phi) is 5.16. The van der Waals surface area contributed by atoms with E-state index >= 15 is 0 Å². The first-order chi connectivity index (χ1) is 13.3. The Morgan fingerprint density at radius 3 is 2.14 bits per heavy atom. The first kappa shape index (κ1) is 18.8. The molecule has 0 unspecified atom stereocenters. The van der Waals surface area contributed by atoms with Gasteiger partial charge >= 0.3 is 11.9 Å². The number of phenols is 1. The standard InChI is InChI=1S/C19H14O9/c20-14-5-12(27-9-17(23)24)6-15-18(14)19(25)13(7-28-15)10-1-3-11(4-2-10)26-8-16(21)22/h1-7,20H,8-9H2,(H,21,22)(H,23,24). The zero-order chi connectivity index (χ0) is 20.3. The van der Waals surface area contributed by atoms with Crippen molar-refractivity contribution in [3.63, 3.8) is 0 Å². The normalized spacial score (nSPS) is 10.6. The average Bonchev–Trinajstić information content (AvgIpc) is 2.65. The van der Waals surface area contributed by atoms with Gasteiger partial charge in [0, 0.05) is 12.1 Å². The van der Waals surface area contributed by atoms with Gasteiger partial charge in [0.1, 0.15) is 34.5 Å². The molecule has 0 atom stereocenters. The summed E-state index contributed by atoms with van der Waals surface area (Å²) < 4.78 is 15.4. The highest BCUT2D eigenvalue weighted by molar-refractivity contribution is 5.88. The quantitative estimate of drug-likeness (QED) is 0.556. The van der Waals surface area contributed by atoms with Gasteiger partial charge in [-0.1, -0.05) is 12.1 Å². The number of phenolic OH excluding ortho intramolecular Hbond substituents is 1. The van der Waals surface area contributed by atoms with Gasteiger partial charge in [-0.05, 0) is 17.7 Å². The number of carbonyl (C=O) groups is 2. The van der Waals surface area contributed by atoms with E-state index in [1.54, 1.807) is 12.1 Å². The summed E-state index contributed by atoms with van der Waals surface area (Å²) in [5.41, 5.74) is 0.189. The summed E-state index contributed by atoms with van der Waals surface area (Å²) in [6.45, 7) is -1.10. The van der Waals surface area contributed by atoms with Crippen LogP contribution in [0, 0.1) is 0 Å². The summed E-state index contributed by atoms with van der Waals surface area (Å²) in [6.07, 6.45) is 1.21. The molecule has 0 amide bonds. The number of hydrogen-bond donors (Lipinski definition) is 3. The third-order valence-electron chi connectivity index (χ3n) is 3.72. The lowest BCUT2D eigenvalue weighted by atomic mass is 10.0. The average molecular weight is 386 g/mol. The van der Waals surface area contributed by atoms with Crippen LogP contribution in [0.3, 0.4) is 0 Å². The molecule has 9 heteroatoms. The highest BCUT2D eigenvalue weighted by Gasteiger charge is 2.15. The van der Waals surface area contributed by atoms with Gasteiger partial charge in [0.2, 0.25) is 5.43 Å². The fourth-order valence-electron chi connectivity index (χ4n) is 2.51. The first-order valence-corrected chi connectivity index (χ1v) is 7.93. The molecule has 9 nitrogen and oxygen atoms in total. The van der Waals surface area contributed by atoms with Gasteiger partial charge in [-0.15, -0.1) is 0 Å². The number of rotatable bonds is 7. The largest absolute Gasteiger partial charge is 0.507 e. The van der Waals surface area contributed by atoms with E-state index in [4.69, 9.17) is 24.1 Å². The number of hydrogen-bond acceptors (Lipinski definition) is 7. The SMILES string of the molecule is O=C(O)COc1ccc(-c2coc3cc(OCC(=O)O)cc(O)c3c2=O)cc1. The van der Waals surface area contributed by atoms with Crippen molar-refractivity contribution in [2.45, 2.75) is 0 Å². The summed E-state index contributed by atoms with van der Waals surface area (Å²) in [5, 5.41) is 27.4. The molecule has 0 spiro atoms. The molecular weight excluding hydrogens is 372 g/mol. The minimum atomic E-state index is -1.19. The summed E-state index contributed by atoms with van der Waals surface area (Å²) in [4.78, 5) is 33.9. The minimum absolute atomic E-state index is 0.0375. The molecule has 0 radical (unpaired) electrons. The fourth-order valence-corrected chi connectivity index (χ4v) is 2.51. The van der Waals surface area contributed by atoms with Crippen molar-refractivity contribution in [3.8, 4) is 28.4 Å². The van der Waals surface area contributed by atoms with Crippen molar-refractivity contribution < 1.29 is 38.8 Å². The Hall–Kier alpha value is -4.01. The van der Waals surface area contributed by atoms with Crippen molar-refractivity contribution in [2.24, 2.45) is 0 Å². The first-order valence-electron chi connectivity index (χ1n) is 7.93. The van der Waals surface area contributed by atoms with Crippen molar-refractivity contribution in [3.05, 3.63) is 52.9 Å². The molecule has 3 aromatic rings. The molecule has 0 aliphatic carbocycles. The Balaban J connectivity index is 1.95. The van der Waals surface area contributed by atoms with Crippen molar-refractivity contribution >= 4 is 22.9 Å². The van der Waals surface area contributed by atoms with Gasteiger partial charge in [0.25, 0.3) is 0 Å². The van der Waals surface area contributed by atoms with Crippen LogP contribution in [-0.2, 0) is 9.59 Å². The van der Waals surface area contributed by atoms with E-state index in [-0.39, 0.29) is 22.3 Å². The van der Waals surface area contributed by atoms with Crippen LogP contribution < -0.4 is 14.9 Å². The molecule has 3 N–H and O–H groups in total. The molecule has 3 rings (SSSR count). The van der Waals surface area contributed by atoms with E-state index in [1.165, 1.54) is 24.5 Å². The van der Waals surface area contributed by atoms with Gasteiger partial charge < -0.3 is 29.2 Å². The number of benzene rings is 2. The monoisotopic (exact) mass is 386 g/mol. The third kappa shape index (κ3) is 4.04. The smallest absolute Gasteiger partial charge is 0.341 e. The predicted octanol–water partition coefficient (Wildman–Crippen LogP) is 2.09. The van der Waals surface area contributed by atoms with Crippen LogP contribution in [0.1, 0.15) is 0 Å². The second-order valence-corrected chi connectivity index (χ2v) is 5.68. The van der Waals surface area contributed by atoms with E-state index in [9.17, 15) is 19.5 Å². The zero-order valence-corrected chi connectivity index (χ0v) is 14.2. The van der Waals surface area contributed by atoms with Crippen molar-refractivity contribution in [1.82, 2.24) is 0 Å². The number of ether oxygens (including phenoxy) is 2. The number of carboxylic acids is 2. The van der Waals surface area contributed by atoms with Crippen LogP contribution in [0.25, 0.3) is 22.1 Å². The summed E-state index contributed by atoms with van der Waals surface area (Å²) in [6, 6.07) is 8.56. The van der Waals surface area contributed by atoms with Crippen LogP contribution in [0.4, 0.5) is 0 Å². The lowest BCUT2D eigenvalue weighted by Crippen LogP contribution is -2.10. The Labute approximate surface area is 157 Å². The minimum Gasteiger partial charge on any atom is -0.507 e. The molecule has 0 bridgehead atoms. The second kappa shape index (κ2) is 7.70. The maximum Gasteiger partial charge on any atom is 0.341 e. The number of aromatic hydroxyl groups is 1. The van der Waals surface area contributed by atoms with Crippen molar-refractivity contribution in [2.75, 3.05) is 13.2 Å². The highest BCUT2D eigenvalue weighted by Crippen LogP contribution is 2.30. The van der Waals surface area contributed by atoms with E-state index in [1.807, 2.05) is 0 Å². The lowest BCUT2D eigenvalue weighted by molar-refractivity contribution is -0.140. The highest BCUT2D eigenvalue weighted by atomic mass is 16.5. The van der Waals surface area contributed by atoms with E-state index in [0.717, 1.165) is 6.07 Å². The van der Waals surface area contributed by atoms with Gasteiger partial charge in [0.15, 0.2) is 13.2 Å². The third-order valence-corrected chi connectivity index (χ3v) is 3.72. The lowest BCUT2D eigenvalue weighted by Gasteiger charge is -2.08. The van der Waals surface area contributed by atoms with E-state index in [0.29, 0.717) is 11.3 Å². The molecule has 0 fully saturated rings. The van der Waals surface area contributed by atoms with Crippen molar-refractivity contribution in [1.29, 1.82) is 0 Å². The van der Waals surface area contributed by atoms with Crippen LogP contribution in [-0.4, -0.2) is 40.5 Å². The second-order valence-electron chi connectivity index (χ2n) is 5.68. The number of carboxylic acid groups (broad SMARTS) is 2. The van der Waals surface area contributed by atoms with E-state index in [2.05, 4.69) is 0 Å². The maximum absolute atomic E-state index is 12.8. The van der Waals surface area contributed by atoms with Crippen LogP contribution in [0.2, 0.25) is 0 Å². The summed E-state index contributed by atoms with van der Waals surface area (Å²) in [5.74, 6) is -2.34. The number of aliphatic carboxylic acids is 2. The molecule has 0 saturated heterocycles. The Morgan fingerprint density at radius 1 is 0.929 bits per heavy atom. The molecule has 0 aliphatic rings. The van der Waals surface area contributed by atoms with Gasteiger partial charge in [-0.25, -0.2) is 9.59 Å². The fraction of sp³-hybridized carbons (Fsp3) is 0.105. The molecular formula is C19H14O9. The van der Waals surface area contributed by atoms with Crippen LogP contribution >= 0.6 is 0 Å². The Bertz CT molecular complexity index is 1100. The molecule has 0 saturated carbocycles. The topological polar surface area (TPSA) is 144 Å². The summed E-state index contributed by atoms with van der Waals surface area (Å²) in [7, 11) is 0. The Morgan fingerprint density at radius 2 is 1.54 bits per heavy atom. The summed E-state index contributed by atoms with van der Waals surface area (Å²) >= 11 is 0. The maximum atomic E-state index is 12.8. The molecule has 1 heterocycles. The van der Waals surface area contributed by atoms with Gasteiger partial charge in [-0.2, -0.15) is 0 Å². The number of fused-ring (bicyclic) bond motifs is 1. The molecule has 2 aromatic carbocycles. The van der Waals surface area contributed by atoms with Crippen LogP contribution in [0.15, 0.2) is 51.9 Å². The zero-order valence-electron chi connectivity index (χ0n) is 14.2. The molecule has 0 aliphatic heterocycles. The van der Waals surface area contributed by atoms with Gasteiger partial charge in [-0.3, -0.25) is 4.79 Å². The predicted molar refractivity (Wildman–Crippen MR) is 95.8 cm³/mol. The van der Waals surface area contributed by atoms with E-state index < -0.39 is 36.3 Å². The van der Waals surface area contributed by atoms with Crippen LogP contribution in [0.5, 0.6) is 17.2 Å². The molecule has 28 heavy (non-hydrogen) atoms.